The summed E-state index contributed by atoms with van der Waals surface area (Å²) in [4.78, 5) is 36.7. The number of Topliss-reactive ketones (excluding diaryl/α,β-unsaturated/α-hetero) is 1. The highest BCUT2D eigenvalue weighted by Crippen LogP contribution is 2.68. The highest BCUT2D eigenvalue weighted by molar-refractivity contribution is 5.92. The normalized spacial score (nSPS) is 44.9. The summed E-state index contributed by atoms with van der Waals surface area (Å²) in [5.41, 5.74) is 0.944. The average molecular weight is 385 g/mol. The number of ketones is 2. The molecule has 0 saturated heterocycles. The zero-order valence-electron chi connectivity index (χ0n) is 17.6. The molecule has 0 spiro atoms. The van der Waals surface area contributed by atoms with Gasteiger partial charge in [-0.15, -0.1) is 0 Å². The van der Waals surface area contributed by atoms with Gasteiger partial charge in [-0.05, 0) is 80.3 Å². The van der Waals surface area contributed by atoms with Gasteiger partial charge in [0, 0.05) is 18.8 Å². The number of ether oxygens (including phenoxy) is 1. The Morgan fingerprint density at radius 1 is 1.11 bits per heavy atom. The molecule has 4 nitrogen and oxygen atoms in total. The van der Waals surface area contributed by atoms with Gasteiger partial charge in [0.15, 0.2) is 17.2 Å². The molecule has 0 aliphatic heterocycles. The minimum Gasteiger partial charge on any atom is -0.451 e. The summed E-state index contributed by atoms with van der Waals surface area (Å²) < 4.78 is 5.82. The molecule has 3 saturated carbocycles. The zero-order valence-corrected chi connectivity index (χ0v) is 17.6. The molecule has 4 aliphatic rings. The van der Waals surface area contributed by atoms with Crippen LogP contribution in [0.5, 0.6) is 0 Å². The Labute approximate surface area is 167 Å². The summed E-state index contributed by atoms with van der Waals surface area (Å²) in [5.74, 6) is 1.10. The molecule has 3 fully saturated rings. The number of carbonyl (C=O) groups is 3. The lowest BCUT2D eigenvalue weighted by Gasteiger charge is -2.59. The maximum Gasteiger partial charge on any atom is 0.303 e. The smallest absolute Gasteiger partial charge is 0.303 e. The van der Waals surface area contributed by atoms with Gasteiger partial charge in [0.2, 0.25) is 0 Å². The van der Waals surface area contributed by atoms with E-state index in [2.05, 4.69) is 20.4 Å². The number of esters is 1. The lowest BCUT2D eigenvalue weighted by atomic mass is 9.45. The molecule has 0 amide bonds. The molecule has 0 radical (unpaired) electrons. The standard InChI is InChI=1S/C24H32O4/c1-14-12-18-19(22(4)9-6-17(27)13-21(14)22)7-10-23(5)20(18)8-11-24(23,15(2)25)28-16(3)26/h13,18-20H,1,6-12H2,2-5H3/t18-,19+,20+,22?,23?,24+/m1/s1. The third kappa shape index (κ3) is 2.39. The fourth-order valence-corrected chi connectivity index (χ4v) is 7.63. The average Bonchev–Trinajstić information content (AvgIpc) is 2.90. The second-order valence-electron chi connectivity index (χ2n) is 10.1. The van der Waals surface area contributed by atoms with Gasteiger partial charge in [0.05, 0.1) is 0 Å². The van der Waals surface area contributed by atoms with Crippen LogP contribution in [0.15, 0.2) is 23.8 Å². The van der Waals surface area contributed by atoms with Gasteiger partial charge in [0.1, 0.15) is 0 Å². The second kappa shape index (κ2) is 6.14. The molecule has 0 N–H and O–H groups in total. The zero-order chi connectivity index (χ0) is 20.5. The van der Waals surface area contributed by atoms with Crippen LogP contribution >= 0.6 is 0 Å². The van der Waals surface area contributed by atoms with Gasteiger partial charge in [0.25, 0.3) is 0 Å². The Hall–Kier alpha value is -1.71. The van der Waals surface area contributed by atoms with Crippen LogP contribution < -0.4 is 0 Å². The van der Waals surface area contributed by atoms with Crippen LogP contribution in [0.1, 0.15) is 72.6 Å². The first-order valence-electron chi connectivity index (χ1n) is 10.7. The van der Waals surface area contributed by atoms with E-state index in [1.54, 1.807) is 6.92 Å². The molecule has 28 heavy (non-hydrogen) atoms. The number of allylic oxidation sites excluding steroid dienone is 2. The molecule has 2 unspecified atom stereocenters. The van der Waals surface area contributed by atoms with Gasteiger partial charge in [-0.3, -0.25) is 14.4 Å². The molecule has 152 valence electrons. The van der Waals surface area contributed by atoms with Gasteiger partial charge in [-0.25, -0.2) is 0 Å². The first-order valence-corrected chi connectivity index (χ1v) is 10.7. The van der Waals surface area contributed by atoms with Gasteiger partial charge in [-0.1, -0.05) is 26.0 Å². The largest absolute Gasteiger partial charge is 0.451 e. The first-order chi connectivity index (χ1) is 13.0. The fraction of sp³-hybridized carbons (Fsp3) is 0.708. The van der Waals surface area contributed by atoms with Crippen LogP contribution in [0.4, 0.5) is 0 Å². The molecule has 0 bridgehead atoms. The van der Waals surface area contributed by atoms with Crippen molar-refractivity contribution in [2.45, 2.75) is 78.2 Å². The Balaban J connectivity index is 1.75. The molecule has 4 rings (SSSR count). The summed E-state index contributed by atoms with van der Waals surface area (Å²) in [6, 6.07) is 0. The highest BCUT2D eigenvalue weighted by Gasteiger charge is 2.68. The number of rotatable bonds is 2. The molecule has 0 aromatic rings. The predicted molar refractivity (Wildman–Crippen MR) is 106 cm³/mol. The Kier molecular flexibility index (Phi) is 4.30. The first kappa shape index (κ1) is 19.6. The van der Waals surface area contributed by atoms with Crippen LogP contribution in [0.3, 0.4) is 0 Å². The lowest BCUT2D eigenvalue weighted by Crippen LogP contribution is -2.58. The summed E-state index contributed by atoms with van der Waals surface area (Å²) in [7, 11) is 0. The van der Waals surface area contributed by atoms with E-state index in [-0.39, 0.29) is 28.4 Å². The Morgan fingerprint density at radius 3 is 2.43 bits per heavy atom. The summed E-state index contributed by atoms with van der Waals surface area (Å²) in [6.07, 6.45) is 7.66. The van der Waals surface area contributed by atoms with Gasteiger partial charge >= 0.3 is 5.97 Å². The maximum absolute atomic E-state index is 12.8. The van der Waals surface area contributed by atoms with Crippen molar-refractivity contribution < 1.29 is 19.1 Å². The molecule has 4 heteroatoms. The molecular formula is C24H32O4. The second-order valence-corrected chi connectivity index (χ2v) is 10.1. The van der Waals surface area contributed by atoms with E-state index in [0.29, 0.717) is 30.6 Å². The van der Waals surface area contributed by atoms with E-state index >= 15 is 0 Å². The van der Waals surface area contributed by atoms with E-state index < -0.39 is 5.60 Å². The quantitative estimate of drug-likeness (QED) is 0.654. The van der Waals surface area contributed by atoms with E-state index in [4.69, 9.17) is 4.74 Å². The van der Waals surface area contributed by atoms with Crippen LogP contribution in [-0.4, -0.2) is 23.1 Å². The number of hydrogen-bond acceptors (Lipinski definition) is 4. The number of hydrogen-bond donors (Lipinski definition) is 0. The Bertz CT molecular complexity index is 807. The topological polar surface area (TPSA) is 60.4 Å². The minimum absolute atomic E-state index is 0.00184. The molecule has 6 atom stereocenters. The summed E-state index contributed by atoms with van der Waals surface area (Å²) >= 11 is 0. The lowest BCUT2D eigenvalue weighted by molar-refractivity contribution is -0.186. The minimum atomic E-state index is -0.991. The summed E-state index contributed by atoms with van der Waals surface area (Å²) in [5, 5.41) is 0. The number of fused-ring (bicyclic) bond motifs is 5. The van der Waals surface area contributed by atoms with E-state index in [9.17, 15) is 14.4 Å². The maximum atomic E-state index is 12.8. The third-order valence-corrected chi connectivity index (χ3v) is 8.94. The van der Waals surface area contributed by atoms with Gasteiger partial charge < -0.3 is 4.74 Å². The van der Waals surface area contributed by atoms with Crippen molar-refractivity contribution in [1.82, 2.24) is 0 Å². The SMILES string of the molecule is C=C1C[C@@H]2[C@H](CCC3(C)[C@H]2CC[C@]3(OC(C)=O)C(C)=O)C2(C)CCC(=O)C=C12. The number of carbonyl (C=O) groups excluding carboxylic acids is 3. The molecule has 4 aliphatic carbocycles. The molecule has 0 aromatic heterocycles. The van der Waals surface area contributed by atoms with Crippen LogP contribution in [0, 0.1) is 28.6 Å². The van der Waals surface area contributed by atoms with Crippen molar-refractivity contribution in [3.63, 3.8) is 0 Å². The predicted octanol–water partition coefficient (Wildman–Crippen LogP) is 4.58. The van der Waals surface area contributed by atoms with E-state index in [1.807, 2.05) is 6.08 Å². The van der Waals surface area contributed by atoms with Crippen molar-refractivity contribution in [3.8, 4) is 0 Å². The molecule has 0 heterocycles. The van der Waals surface area contributed by atoms with Gasteiger partial charge in [-0.2, -0.15) is 0 Å². The van der Waals surface area contributed by atoms with Crippen molar-refractivity contribution in [3.05, 3.63) is 23.8 Å². The van der Waals surface area contributed by atoms with E-state index in [0.717, 1.165) is 37.7 Å². The van der Waals surface area contributed by atoms with Crippen LogP contribution in [-0.2, 0) is 19.1 Å². The van der Waals surface area contributed by atoms with Crippen molar-refractivity contribution in [2.24, 2.45) is 28.6 Å². The fourth-order valence-electron chi connectivity index (χ4n) is 7.63. The highest BCUT2D eigenvalue weighted by atomic mass is 16.6. The van der Waals surface area contributed by atoms with Crippen molar-refractivity contribution >= 4 is 17.5 Å². The monoisotopic (exact) mass is 384 g/mol. The third-order valence-electron chi connectivity index (χ3n) is 8.94. The van der Waals surface area contributed by atoms with Crippen LogP contribution in [0.2, 0.25) is 0 Å². The van der Waals surface area contributed by atoms with E-state index in [1.165, 1.54) is 12.5 Å². The molecule has 0 aromatic carbocycles. The molecular weight excluding hydrogens is 352 g/mol. The Morgan fingerprint density at radius 2 is 1.79 bits per heavy atom. The van der Waals surface area contributed by atoms with Crippen LogP contribution in [0.25, 0.3) is 0 Å². The summed E-state index contributed by atoms with van der Waals surface area (Å²) in [6.45, 7) is 11.8. The van der Waals surface area contributed by atoms with Crippen molar-refractivity contribution in [1.29, 1.82) is 0 Å². The van der Waals surface area contributed by atoms with Crippen molar-refractivity contribution in [2.75, 3.05) is 0 Å².